The first kappa shape index (κ1) is 21.3. The minimum atomic E-state index is -4.42. The Labute approximate surface area is 174 Å². The fraction of sp³-hybridized carbons (Fsp3) is 0.316. The van der Waals surface area contributed by atoms with E-state index in [4.69, 9.17) is 4.55 Å². The third-order valence-corrected chi connectivity index (χ3v) is 5.96. The predicted octanol–water partition coefficient (Wildman–Crippen LogP) is 4.10. The molecule has 3 rings (SSSR count). The van der Waals surface area contributed by atoms with Gasteiger partial charge in [0.2, 0.25) is 0 Å². The number of thiazole rings is 1. The van der Waals surface area contributed by atoms with Crippen LogP contribution in [0.2, 0.25) is 0 Å². The molecule has 0 unspecified atom stereocenters. The molecule has 1 aromatic heterocycles. The number of aryl methyl sites for hydroxylation is 2. The molecule has 3 aromatic rings. The van der Waals surface area contributed by atoms with Crippen molar-refractivity contribution in [3.05, 3.63) is 48.0 Å². The van der Waals surface area contributed by atoms with Gasteiger partial charge in [0.25, 0.3) is 0 Å². The second kappa shape index (κ2) is 8.95. The van der Waals surface area contributed by atoms with Crippen LogP contribution in [0.15, 0.2) is 52.7 Å². The molecule has 2 aromatic carbocycles. The van der Waals surface area contributed by atoms with Crippen molar-refractivity contribution >= 4 is 48.5 Å². The summed E-state index contributed by atoms with van der Waals surface area (Å²) in [5, 5.41) is 9.54. The van der Waals surface area contributed by atoms with E-state index in [1.165, 1.54) is 10.3 Å². The van der Waals surface area contributed by atoms with Gasteiger partial charge < -0.3 is 4.90 Å². The van der Waals surface area contributed by atoms with E-state index >= 15 is 0 Å². The number of likely N-dealkylation sites (N-methyl/N-ethyl adjacent to an activating group) is 1. The van der Waals surface area contributed by atoms with Crippen LogP contribution in [-0.2, 0) is 21.6 Å². The number of hydrogen-bond donors (Lipinski definition) is 1. The van der Waals surface area contributed by atoms with Crippen molar-refractivity contribution in [3.63, 3.8) is 0 Å². The molecule has 154 valence electrons. The zero-order chi connectivity index (χ0) is 21.0. The van der Waals surface area contributed by atoms with Gasteiger partial charge in [0, 0.05) is 18.8 Å². The van der Waals surface area contributed by atoms with Crippen LogP contribution in [-0.4, -0.2) is 32.7 Å². The lowest BCUT2D eigenvalue weighted by atomic mass is 10.2. The summed E-state index contributed by atoms with van der Waals surface area (Å²) in [4.78, 5) is 1.93. The van der Waals surface area contributed by atoms with Crippen LogP contribution < -0.4 is 9.47 Å². The number of anilines is 1. The van der Waals surface area contributed by atoms with Gasteiger partial charge in [0.05, 0.1) is 23.5 Å². The first-order valence-corrected chi connectivity index (χ1v) is 11.2. The lowest BCUT2D eigenvalue weighted by Crippen LogP contribution is -2.27. The molecular weight excluding hydrogens is 412 g/mol. The fourth-order valence-corrected chi connectivity index (χ4v) is 4.24. The van der Waals surface area contributed by atoms with E-state index in [1.807, 2.05) is 47.7 Å². The van der Waals surface area contributed by atoms with E-state index in [-0.39, 0.29) is 6.61 Å². The van der Waals surface area contributed by atoms with Gasteiger partial charge in [-0.3, -0.25) is 4.55 Å². The molecule has 10 heteroatoms. The molecule has 0 aliphatic rings. The van der Waals surface area contributed by atoms with Crippen molar-refractivity contribution in [3.8, 4) is 0 Å². The first-order valence-electron chi connectivity index (χ1n) is 9.04. The SMILES string of the molecule is CCN(CCOS(=O)(=O)O)c1ccc(/N=N\c2sc3cc(C)ccc3[n+]2C)cc1. The van der Waals surface area contributed by atoms with Gasteiger partial charge in [-0.05, 0) is 72.3 Å². The van der Waals surface area contributed by atoms with Crippen LogP contribution in [0.4, 0.5) is 16.5 Å². The van der Waals surface area contributed by atoms with Crippen molar-refractivity contribution in [1.29, 1.82) is 0 Å². The number of fused-ring (bicyclic) bond motifs is 1. The van der Waals surface area contributed by atoms with E-state index in [0.717, 1.165) is 16.3 Å². The molecule has 0 saturated heterocycles. The molecule has 29 heavy (non-hydrogen) atoms. The van der Waals surface area contributed by atoms with Gasteiger partial charge in [0.15, 0.2) is 0 Å². The molecule has 0 radical (unpaired) electrons. The zero-order valence-corrected chi connectivity index (χ0v) is 18.1. The van der Waals surface area contributed by atoms with Gasteiger partial charge in [-0.1, -0.05) is 6.07 Å². The highest BCUT2D eigenvalue weighted by Gasteiger charge is 2.16. The maximum Gasteiger partial charge on any atom is 0.409 e. The highest BCUT2D eigenvalue weighted by molar-refractivity contribution is 7.80. The standard InChI is InChI=1S/C19H22N4O4S2/c1-4-23(11-12-27-29(24,25)26)16-8-6-15(7-9-16)20-21-19-22(3)17-10-5-14(2)13-18(17)28-19/h5-10,13H,4,11-12H2,1-3H3/p+1. The molecule has 0 bridgehead atoms. The van der Waals surface area contributed by atoms with Gasteiger partial charge in [-0.2, -0.15) is 8.42 Å². The van der Waals surface area contributed by atoms with E-state index in [9.17, 15) is 8.42 Å². The Morgan fingerprint density at radius 1 is 1.17 bits per heavy atom. The average Bonchev–Trinajstić information content (AvgIpc) is 2.98. The second-order valence-corrected chi connectivity index (χ2v) is 8.56. The molecule has 0 spiro atoms. The van der Waals surface area contributed by atoms with Crippen LogP contribution >= 0.6 is 11.3 Å². The third kappa shape index (κ3) is 5.57. The number of rotatable bonds is 8. The van der Waals surface area contributed by atoms with Crippen molar-refractivity contribution < 1.29 is 21.7 Å². The van der Waals surface area contributed by atoms with Crippen LogP contribution in [0.25, 0.3) is 10.2 Å². The molecular formula is C19H23N4O4S2+. The van der Waals surface area contributed by atoms with E-state index in [1.54, 1.807) is 11.3 Å². The molecule has 0 aliphatic heterocycles. The normalized spacial score (nSPS) is 12.1. The Morgan fingerprint density at radius 3 is 2.55 bits per heavy atom. The number of hydrogen-bond acceptors (Lipinski definition) is 7. The summed E-state index contributed by atoms with van der Waals surface area (Å²) in [5.74, 6) is 0. The quantitative estimate of drug-likeness (QED) is 0.327. The summed E-state index contributed by atoms with van der Waals surface area (Å²) in [7, 11) is -2.45. The Bertz CT molecular complexity index is 1130. The summed E-state index contributed by atoms with van der Waals surface area (Å²) in [6.45, 7) is 4.87. The van der Waals surface area contributed by atoms with Crippen LogP contribution in [0.1, 0.15) is 12.5 Å². The van der Waals surface area contributed by atoms with E-state index in [2.05, 4.69) is 39.5 Å². The van der Waals surface area contributed by atoms with Crippen molar-refractivity contribution in [2.45, 2.75) is 13.8 Å². The predicted molar refractivity (Wildman–Crippen MR) is 114 cm³/mol. The summed E-state index contributed by atoms with van der Waals surface area (Å²) in [6, 6.07) is 13.8. The number of aromatic nitrogens is 1. The minimum absolute atomic E-state index is 0.129. The monoisotopic (exact) mass is 435 g/mol. The van der Waals surface area contributed by atoms with Crippen LogP contribution in [0.3, 0.4) is 0 Å². The molecule has 1 N–H and O–H groups in total. The van der Waals surface area contributed by atoms with Gasteiger partial charge in [-0.25, -0.2) is 8.75 Å². The van der Waals surface area contributed by atoms with Gasteiger partial charge in [-0.15, -0.1) is 0 Å². The maximum atomic E-state index is 10.7. The Kier molecular flexibility index (Phi) is 6.58. The van der Waals surface area contributed by atoms with E-state index < -0.39 is 10.4 Å². The third-order valence-electron chi connectivity index (χ3n) is 4.41. The molecule has 0 aliphatic carbocycles. The topological polar surface area (TPSA) is 95.4 Å². The van der Waals surface area contributed by atoms with E-state index in [0.29, 0.717) is 18.8 Å². The number of azo groups is 1. The van der Waals surface area contributed by atoms with Crippen LogP contribution in [0, 0.1) is 6.92 Å². The smallest absolute Gasteiger partial charge is 0.369 e. The minimum Gasteiger partial charge on any atom is -0.369 e. The number of benzene rings is 2. The Balaban J connectivity index is 1.70. The molecule has 0 amide bonds. The Hall–Kier alpha value is -2.40. The van der Waals surface area contributed by atoms with Gasteiger partial charge >= 0.3 is 15.5 Å². The highest BCUT2D eigenvalue weighted by atomic mass is 32.3. The molecule has 0 atom stereocenters. The largest absolute Gasteiger partial charge is 0.409 e. The second-order valence-electron chi connectivity index (χ2n) is 6.46. The molecule has 0 saturated carbocycles. The first-order chi connectivity index (χ1) is 13.8. The average molecular weight is 436 g/mol. The zero-order valence-electron chi connectivity index (χ0n) is 16.4. The maximum absolute atomic E-state index is 10.7. The van der Waals surface area contributed by atoms with Crippen molar-refractivity contribution in [2.75, 3.05) is 24.6 Å². The van der Waals surface area contributed by atoms with Gasteiger partial charge in [0.1, 0.15) is 11.2 Å². The number of nitrogens with zero attached hydrogens (tertiary/aromatic N) is 4. The fourth-order valence-electron chi connectivity index (χ4n) is 2.89. The summed E-state index contributed by atoms with van der Waals surface area (Å²) >= 11 is 1.59. The Morgan fingerprint density at radius 2 is 1.90 bits per heavy atom. The van der Waals surface area contributed by atoms with Crippen LogP contribution in [0.5, 0.6) is 0 Å². The van der Waals surface area contributed by atoms with Crippen molar-refractivity contribution in [2.24, 2.45) is 17.3 Å². The summed E-state index contributed by atoms with van der Waals surface area (Å²) in [6.07, 6.45) is 0. The summed E-state index contributed by atoms with van der Waals surface area (Å²) < 4.78 is 37.5. The molecule has 0 fully saturated rings. The molecule has 1 heterocycles. The van der Waals surface area contributed by atoms with Crippen molar-refractivity contribution in [1.82, 2.24) is 0 Å². The molecule has 8 nitrogen and oxygen atoms in total. The summed E-state index contributed by atoms with van der Waals surface area (Å²) in [5.41, 5.74) is 3.94. The lowest BCUT2D eigenvalue weighted by Gasteiger charge is -2.22. The highest BCUT2D eigenvalue weighted by Crippen LogP contribution is 2.28. The lowest BCUT2D eigenvalue weighted by molar-refractivity contribution is -0.627.